The van der Waals surface area contributed by atoms with Crippen LogP contribution in [0.15, 0.2) is 72.4 Å². The van der Waals surface area contributed by atoms with Crippen molar-refractivity contribution in [1.82, 2.24) is 4.57 Å². The maximum Gasteiger partial charge on any atom is 0.267 e. The van der Waals surface area contributed by atoms with Crippen molar-refractivity contribution in [2.75, 3.05) is 5.32 Å². The highest BCUT2D eigenvalue weighted by molar-refractivity contribution is 7.13. The van der Waals surface area contributed by atoms with Gasteiger partial charge in [0, 0.05) is 40.1 Å². The van der Waals surface area contributed by atoms with Gasteiger partial charge in [0.25, 0.3) is 5.91 Å². The molecule has 1 amide bonds. The van der Waals surface area contributed by atoms with E-state index in [9.17, 15) is 13.6 Å². The van der Waals surface area contributed by atoms with Gasteiger partial charge in [0.1, 0.15) is 4.88 Å². The molecule has 0 spiro atoms. The molecule has 3 nitrogen and oxygen atoms in total. The van der Waals surface area contributed by atoms with E-state index in [1.54, 1.807) is 12.1 Å². The van der Waals surface area contributed by atoms with Gasteiger partial charge in [-0.05, 0) is 42.0 Å². The van der Waals surface area contributed by atoms with Crippen molar-refractivity contribution >= 4 is 34.5 Å². The second-order valence-electron chi connectivity index (χ2n) is 6.01. The largest absolute Gasteiger partial charge is 0.322 e. The van der Waals surface area contributed by atoms with Gasteiger partial charge in [-0.3, -0.25) is 4.79 Å². The highest BCUT2D eigenvalue weighted by Gasteiger charge is 2.21. The van der Waals surface area contributed by atoms with Gasteiger partial charge in [-0.1, -0.05) is 23.7 Å². The van der Waals surface area contributed by atoms with Crippen LogP contribution in [0.25, 0.3) is 16.8 Å². The van der Waals surface area contributed by atoms with Crippen molar-refractivity contribution in [3.05, 3.63) is 93.9 Å². The van der Waals surface area contributed by atoms with Gasteiger partial charge < -0.3 is 9.88 Å². The highest BCUT2D eigenvalue weighted by Crippen LogP contribution is 2.36. The summed E-state index contributed by atoms with van der Waals surface area (Å²) in [5.41, 5.74) is 2.67. The number of thiophene rings is 1. The first-order chi connectivity index (χ1) is 13.5. The minimum atomic E-state index is -1.02. The molecule has 1 N–H and O–H groups in total. The maximum absolute atomic E-state index is 13.5. The molecule has 2 aromatic heterocycles. The zero-order chi connectivity index (χ0) is 19.7. The number of carbonyl (C=O) groups excluding carboxylic acids is 1. The van der Waals surface area contributed by atoms with Crippen molar-refractivity contribution in [1.29, 1.82) is 0 Å². The Morgan fingerprint density at radius 3 is 2.39 bits per heavy atom. The maximum atomic E-state index is 13.5. The SMILES string of the molecule is O=C(Nc1ccc(F)c(F)c1)c1scc(-c2ccc(Cl)cc2)c1-n1cccc1. The van der Waals surface area contributed by atoms with Gasteiger partial charge >= 0.3 is 0 Å². The van der Waals surface area contributed by atoms with Crippen molar-refractivity contribution in [3.63, 3.8) is 0 Å². The van der Waals surface area contributed by atoms with Crippen molar-refractivity contribution in [2.45, 2.75) is 0 Å². The van der Waals surface area contributed by atoms with Crippen LogP contribution in [0.4, 0.5) is 14.5 Å². The number of rotatable bonds is 4. The first kappa shape index (κ1) is 18.4. The molecule has 0 unspecified atom stereocenters. The second-order valence-corrected chi connectivity index (χ2v) is 7.32. The van der Waals surface area contributed by atoms with Crippen molar-refractivity contribution < 1.29 is 13.6 Å². The molecule has 0 radical (unpaired) electrons. The summed E-state index contributed by atoms with van der Waals surface area (Å²) in [5, 5.41) is 5.14. The molecular formula is C21H13ClF2N2OS. The second kappa shape index (κ2) is 7.58. The summed E-state index contributed by atoms with van der Waals surface area (Å²) in [6.07, 6.45) is 3.69. The number of hydrogen-bond donors (Lipinski definition) is 1. The minimum absolute atomic E-state index is 0.184. The Morgan fingerprint density at radius 1 is 1.00 bits per heavy atom. The van der Waals surface area contributed by atoms with Gasteiger partial charge in [-0.25, -0.2) is 8.78 Å². The van der Waals surface area contributed by atoms with Gasteiger partial charge in [-0.2, -0.15) is 0 Å². The number of nitrogens with one attached hydrogen (secondary N) is 1. The van der Waals surface area contributed by atoms with Gasteiger partial charge in [0.05, 0.1) is 5.69 Å². The summed E-state index contributed by atoms with van der Waals surface area (Å²) in [6.45, 7) is 0. The molecule has 7 heteroatoms. The summed E-state index contributed by atoms with van der Waals surface area (Å²) in [6, 6.07) is 14.3. The number of carbonyl (C=O) groups is 1. The first-order valence-corrected chi connectivity index (χ1v) is 9.56. The van der Waals surface area contributed by atoms with E-state index < -0.39 is 17.5 Å². The molecule has 2 aromatic carbocycles. The smallest absolute Gasteiger partial charge is 0.267 e. The third-order valence-corrected chi connectivity index (χ3v) is 5.39. The Kier molecular flexibility index (Phi) is 4.98. The Bertz CT molecular complexity index is 1140. The molecule has 0 saturated carbocycles. The van der Waals surface area contributed by atoms with Crippen LogP contribution < -0.4 is 5.32 Å². The summed E-state index contributed by atoms with van der Waals surface area (Å²) in [4.78, 5) is 13.3. The Balaban J connectivity index is 1.75. The normalized spacial score (nSPS) is 10.8. The number of nitrogens with zero attached hydrogens (tertiary/aromatic N) is 1. The third-order valence-electron chi connectivity index (χ3n) is 4.17. The molecule has 0 atom stereocenters. The quantitative estimate of drug-likeness (QED) is 0.412. The predicted octanol–water partition coefficient (Wildman–Crippen LogP) is 6.39. The molecule has 4 rings (SSSR count). The van der Waals surface area contributed by atoms with Crippen LogP contribution in [0.1, 0.15) is 9.67 Å². The van der Waals surface area contributed by atoms with Gasteiger partial charge in [0.2, 0.25) is 0 Å². The fourth-order valence-corrected chi connectivity index (χ4v) is 3.94. The number of benzene rings is 2. The fraction of sp³-hybridized carbons (Fsp3) is 0. The lowest BCUT2D eigenvalue weighted by Gasteiger charge is -2.10. The molecule has 4 aromatic rings. The van der Waals surface area contributed by atoms with E-state index in [4.69, 9.17) is 11.6 Å². The van der Waals surface area contributed by atoms with E-state index in [2.05, 4.69) is 5.32 Å². The molecule has 0 aliphatic rings. The highest BCUT2D eigenvalue weighted by atomic mass is 35.5. The molecule has 2 heterocycles. The standard InChI is InChI=1S/C21H13ClF2N2OS/c22-14-5-3-13(4-6-14)16-12-28-20(19(16)26-9-1-2-10-26)21(27)25-15-7-8-17(23)18(24)11-15/h1-12H,(H,25,27). The molecule has 0 aliphatic carbocycles. The monoisotopic (exact) mass is 414 g/mol. The number of aromatic nitrogens is 1. The van der Waals surface area contributed by atoms with Crippen LogP contribution >= 0.6 is 22.9 Å². The summed E-state index contributed by atoms with van der Waals surface area (Å²) in [5.74, 6) is -2.39. The molecular weight excluding hydrogens is 402 g/mol. The number of hydrogen-bond acceptors (Lipinski definition) is 2. The molecule has 140 valence electrons. The fourth-order valence-electron chi connectivity index (χ4n) is 2.85. The van der Waals surface area contributed by atoms with Crippen molar-refractivity contribution in [3.8, 4) is 16.8 Å². The lowest BCUT2D eigenvalue weighted by molar-refractivity contribution is 0.103. The summed E-state index contributed by atoms with van der Waals surface area (Å²) < 4.78 is 28.4. The van der Waals surface area contributed by atoms with E-state index >= 15 is 0 Å². The predicted molar refractivity (Wildman–Crippen MR) is 108 cm³/mol. The van der Waals surface area contributed by atoms with Crippen molar-refractivity contribution in [2.24, 2.45) is 0 Å². The average Bonchev–Trinajstić information content (AvgIpc) is 3.34. The van der Waals surface area contributed by atoms with Crippen LogP contribution in [0.3, 0.4) is 0 Å². The molecule has 28 heavy (non-hydrogen) atoms. The Morgan fingerprint density at radius 2 is 1.71 bits per heavy atom. The number of halogens is 3. The van der Waals surface area contributed by atoms with Gasteiger partial charge in [-0.15, -0.1) is 11.3 Å². The molecule has 0 fully saturated rings. The minimum Gasteiger partial charge on any atom is -0.322 e. The molecule has 0 aliphatic heterocycles. The van der Waals surface area contributed by atoms with Crippen LogP contribution in [0, 0.1) is 11.6 Å². The van der Waals surface area contributed by atoms with Gasteiger partial charge in [0.15, 0.2) is 11.6 Å². The van der Waals surface area contributed by atoms with E-state index in [0.29, 0.717) is 15.6 Å². The number of anilines is 1. The Labute approximate surface area is 168 Å². The first-order valence-electron chi connectivity index (χ1n) is 8.30. The zero-order valence-corrected chi connectivity index (χ0v) is 15.9. The van der Waals surface area contributed by atoms with E-state index in [1.165, 1.54) is 17.4 Å². The average molecular weight is 415 g/mol. The topological polar surface area (TPSA) is 34.0 Å². The van der Waals surface area contributed by atoms with Crippen LogP contribution in [0.2, 0.25) is 5.02 Å². The molecule has 0 bridgehead atoms. The molecule has 0 saturated heterocycles. The third kappa shape index (κ3) is 3.56. The lowest BCUT2D eigenvalue weighted by Crippen LogP contribution is -2.13. The van der Waals surface area contributed by atoms with Crippen LogP contribution in [-0.4, -0.2) is 10.5 Å². The van der Waals surface area contributed by atoms with E-state index in [1.807, 2.05) is 46.6 Å². The Hall–Kier alpha value is -2.96. The van der Waals surface area contributed by atoms with E-state index in [0.717, 1.165) is 23.3 Å². The number of amides is 1. The summed E-state index contributed by atoms with van der Waals surface area (Å²) in [7, 11) is 0. The van der Waals surface area contributed by atoms with Crippen LogP contribution in [0.5, 0.6) is 0 Å². The zero-order valence-electron chi connectivity index (χ0n) is 14.3. The van der Waals surface area contributed by atoms with E-state index in [-0.39, 0.29) is 5.69 Å². The van der Waals surface area contributed by atoms with Crippen LogP contribution in [-0.2, 0) is 0 Å². The summed E-state index contributed by atoms with van der Waals surface area (Å²) >= 11 is 7.26. The lowest BCUT2D eigenvalue weighted by atomic mass is 10.1.